The van der Waals surface area contributed by atoms with Crippen molar-refractivity contribution >= 4 is 35.1 Å². The van der Waals surface area contributed by atoms with Crippen molar-refractivity contribution in [2.45, 2.75) is 38.1 Å². The number of halogens is 2. The Hall–Kier alpha value is -3.15. The standard InChI is InChI=1S/C24H23Cl2N7O/c25-19-6-5-16(12-20(19)26)22-29-13-18(7-9-27)33(22)21-8-10-28-24(31-21)30-17-2-1-11-32(14-17)23(34)15-3-4-15/h5-6,8,10,12-13,15,17H,1-4,7,11,14H2,(H,28,30,31). The van der Waals surface area contributed by atoms with E-state index in [1.54, 1.807) is 30.6 Å². The summed E-state index contributed by atoms with van der Waals surface area (Å²) in [6.07, 6.45) is 7.42. The molecule has 8 nitrogen and oxygen atoms in total. The van der Waals surface area contributed by atoms with Gasteiger partial charge in [0.1, 0.15) is 11.6 Å². The fourth-order valence-corrected chi connectivity index (χ4v) is 4.59. The number of likely N-dealkylation sites (tertiary alicyclic amines) is 1. The maximum absolute atomic E-state index is 12.5. The molecule has 1 aliphatic carbocycles. The van der Waals surface area contributed by atoms with Crippen molar-refractivity contribution in [3.05, 3.63) is 52.4 Å². The largest absolute Gasteiger partial charge is 0.350 e. The number of nitriles is 1. The van der Waals surface area contributed by atoms with Gasteiger partial charge in [0.05, 0.1) is 34.4 Å². The Morgan fingerprint density at radius 2 is 2.03 bits per heavy atom. The Morgan fingerprint density at radius 1 is 1.18 bits per heavy atom. The summed E-state index contributed by atoms with van der Waals surface area (Å²) in [5, 5.41) is 13.6. The lowest BCUT2D eigenvalue weighted by Crippen LogP contribution is -2.45. The third-order valence-electron chi connectivity index (χ3n) is 6.14. The van der Waals surface area contributed by atoms with Gasteiger partial charge in [0.25, 0.3) is 0 Å². The van der Waals surface area contributed by atoms with Crippen LogP contribution < -0.4 is 5.32 Å². The van der Waals surface area contributed by atoms with Gasteiger partial charge in [0, 0.05) is 36.8 Å². The second-order valence-electron chi connectivity index (χ2n) is 8.65. The van der Waals surface area contributed by atoms with E-state index in [1.807, 2.05) is 15.5 Å². The van der Waals surface area contributed by atoms with E-state index >= 15 is 0 Å². The van der Waals surface area contributed by atoms with Crippen LogP contribution in [0.3, 0.4) is 0 Å². The van der Waals surface area contributed by atoms with Gasteiger partial charge in [-0.3, -0.25) is 9.36 Å². The quantitative estimate of drug-likeness (QED) is 0.539. The summed E-state index contributed by atoms with van der Waals surface area (Å²) in [5.74, 6) is 2.15. The summed E-state index contributed by atoms with van der Waals surface area (Å²) >= 11 is 12.3. The van der Waals surface area contributed by atoms with E-state index < -0.39 is 0 Å². The molecule has 1 atom stereocenters. The number of nitrogens with zero attached hydrogens (tertiary/aromatic N) is 6. The molecule has 3 aromatic rings. The molecule has 1 aliphatic heterocycles. The number of piperidine rings is 1. The molecule has 0 bridgehead atoms. The zero-order valence-electron chi connectivity index (χ0n) is 18.4. The molecule has 0 radical (unpaired) electrons. The third-order valence-corrected chi connectivity index (χ3v) is 6.87. The topological polar surface area (TPSA) is 99.7 Å². The lowest BCUT2D eigenvalue weighted by atomic mass is 10.1. The molecule has 1 aromatic carbocycles. The van der Waals surface area contributed by atoms with Crippen LogP contribution in [-0.2, 0) is 11.2 Å². The fraction of sp³-hybridized carbons (Fsp3) is 0.375. The minimum Gasteiger partial charge on any atom is -0.350 e. The summed E-state index contributed by atoms with van der Waals surface area (Å²) in [5.41, 5.74) is 1.46. The van der Waals surface area contributed by atoms with Crippen LogP contribution in [0.1, 0.15) is 31.4 Å². The first-order valence-electron chi connectivity index (χ1n) is 11.3. The molecule has 5 rings (SSSR count). The highest BCUT2D eigenvalue weighted by Crippen LogP contribution is 2.32. The summed E-state index contributed by atoms with van der Waals surface area (Å²) in [4.78, 5) is 28.1. The summed E-state index contributed by atoms with van der Waals surface area (Å²) in [6.45, 7) is 1.47. The minimum atomic E-state index is 0.0857. The van der Waals surface area contributed by atoms with Crippen LogP contribution in [0, 0.1) is 17.2 Å². The summed E-state index contributed by atoms with van der Waals surface area (Å²) < 4.78 is 1.83. The first-order chi connectivity index (χ1) is 16.5. The van der Waals surface area contributed by atoms with Gasteiger partial charge in [-0.05, 0) is 49.9 Å². The van der Waals surface area contributed by atoms with E-state index in [2.05, 4.69) is 21.4 Å². The number of amides is 1. The average Bonchev–Trinajstić information content (AvgIpc) is 3.61. The van der Waals surface area contributed by atoms with E-state index in [4.69, 9.17) is 28.2 Å². The van der Waals surface area contributed by atoms with E-state index in [1.165, 1.54) is 0 Å². The molecule has 0 spiro atoms. The SMILES string of the molecule is N#CCc1cnc(-c2ccc(Cl)c(Cl)c2)n1-c1ccnc(NC2CCCN(C(=O)C3CC3)C2)n1. The van der Waals surface area contributed by atoms with Crippen molar-refractivity contribution in [3.8, 4) is 23.3 Å². The Labute approximate surface area is 207 Å². The molecular weight excluding hydrogens is 473 g/mol. The second kappa shape index (κ2) is 9.61. The Kier molecular flexibility index (Phi) is 6.40. The molecule has 1 amide bonds. The van der Waals surface area contributed by atoms with E-state index in [9.17, 15) is 10.1 Å². The number of carbonyl (C=O) groups excluding carboxylic acids is 1. The van der Waals surface area contributed by atoms with Gasteiger partial charge in [-0.25, -0.2) is 9.97 Å². The van der Waals surface area contributed by atoms with E-state index in [0.717, 1.165) is 37.8 Å². The number of hydrogen-bond acceptors (Lipinski definition) is 6. The number of anilines is 1. The highest BCUT2D eigenvalue weighted by Gasteiger charge is 2.35. The molecule has 2 fully saturated rings. The van der Waals surface area contributed by atoms with Gasteiger partial charge < -0.3 is 10.2 Å². The smallest absolute Gasteiger partial charge is 0.225 e. The Balaban J connectivity index is 1.42. The number of imidazole rings is 1. The number of rotatable bonds is 6. The minimum absolute atomic E-state index is 0.0857. The normalized spacial score (nSPS) is 17.9. The van der Waals surface area contributed by atoms with Crippen LogP contribution in [0.5, 0.6) is 0 Å². The zero-order chi connectivity index (χ0) is 23.7. The van der Waals surface area contributed by atoms with Crippen LogP contribution in [0.15, 0.2) is 36.7 Å². The third kappa shape index (κ3) is 4.72. The molecule has 3 heterocycles. The van der Waals surface area contributed by atoms with Crippen LogP contribution >= 0.6 is 23.2 Å². The maximum atomic E-state index is 12.5. The molecule has 2 aromatic heterocycles. The number of aromatic nitrogens is 4. The summed E-state index contributed by atoms with van der Waals surface area (Å²) in [7, 11) is 0. The van der Waals surface area contributed by atoms with E-state index in [-0.39, 0.29) is 24.3 Å². The molecule has 34 heavy (non-hydrogen) atoms. The van der Waals surface area contributed by atoms with Crippen molar-refractivity contribution < 1.29 is 4.79 Å². The van der Waals surface area contributed by atoms with Gasteiger partial charge in [-0.15, -0.1) is 0 Å². The van der Waals surface area contributed by atoms with Crippen molar-refractivity contribution in [1.82, 2.24) is 24.4 Å². The molecular formula is C24H23Cl2N7O. The Bertz CT molecular complexity index is 1260. The van der Waals surface area contributed by atoms with Crippen LogP contribution in [-0.4, -0.2) is 49.5 Å². The van der Waals surface area contributed by atoms with Crippen LogP contribution in [0.4, 0.5) is 5.95 Å². The number of benzene rings is 1. The molecule has 174 valence electrons. The highest BCUT2D eigenvalue weighted by atomic mass is 35.5. The number of nitrogens with one attached hydrogen (secondary N) is 1. The fourth-order valence-electron chi connectivity index (χ4n) is 4.30. The monoisotopic (exact) mass is 495 g/mol. The van der Waals surface area contributed by atoms with Gasteiger partial charge in [-0.2, -0.15) is 10.2 Å². The molecule has 1 saturated carbocycles. The predicted molar refractivity (Wildman–Crippen MR) is 130 cm³/mol. The number of hydrogen-bond donors (Lipinski definition) is 1. The highest BCUT2D eigenvalue weighted by molar-refractivity contribution is 6.42. The number of carbonyl (C=O) groups is 1. The van der Waals surface area contributed by atoms with Gasteiger partial charge in [0.15, 0.2) is 0 Å². The van der Waals surface area contributed by atoms with Gasteiger partial charge in [0.2, 0.25) is 11.9 Å². The molecule has 1 unspecified atom stereocenters. The lowest BCUT2D eigenvalue weighted by Gasteiger charge is -2.33. The maximum Gasteiger partial charge on any atom is 0.225 e. The van der Waals surface area contributed by atoms with Gasteiger partial charge >= 0.3 is 0 Å². The second-order valence-corrected chi connectivity index (χ2v) is 9.47. The van der Waals surface area contributed by atoms with Crippen molar-refractivity contribution in [1.29, 1.82) is 5.26 Å². The Morgan fingerprint density at radius 3 is 2.79 bits per heavy atom. The predicted octanol–water partition coefficient (Wildman–Crippen LogP) is 4.52. The first kappa shape index (κ1) is 22.6. The first-order valence-corrected chi connectivity index (χ1v) is 12.1. The van der Waals surface area contributed by atoms with Crippen LogP contribution in [0.2, 0.25) is 10.0 Å². The molecule has 10 heteroatoms. The molecule has 2 aliphatic rings. The van der Waals surface area contributed by atoms with Crippen molar-refractivity contribution in [3.63, 3.8) is 0 Å². The molecule has 1 N–H and O–H groups in total. The van der Waals surface area contributed by atoms with Gasteiger partial charge in [-0.1, -0.05) is 23.2 Å². The average molecular weight is 496 g/mol. The lowest BCUT2D eigenvalue weighted by molar-refractivity contribution is -0.133. The van der Waals surface area contributed by atoms with Crippen molar-refractivity contribution in [2.24, 2.45) is 5.92 Å². The van der Waals surface area contributed by atoms with Crippen molar-refractivity contribution in [2.75, 3.05) is 18.4 Å². The summed E-state index contributed by atoms with van der Waals surface area (Å²) in [6, 6.07) is 9.34. The van der Waals surface area contributed by atoms with Crippen LogP contribution in [0.25, 0.3) is 17.2 Å². The zero-order valence-corrected chi connectivity index (χ0v) is 19.9. The van der Waals surface area contributed by atoms with E-state index in [0.29, 0.717) is 39.9 Å². The molecule has 1 saturated heterocycles.